The first kappa shape index (κ1) is 41.1. The number of hydrogen-bond acceptors (Lipinski definition) is 5. The third-order valence-corrected chi connectivity index (χ3v) is 9.85. The van der Waals surface area contributed by atoms with Crippen molar-refractivity contribution in [2.24, 2.45) is 0 Å². The number of ether oxygens (including phenoxy) is 2. The molecule has 2 aromatic carbocycles. The van der Waals surface area contributed by atoms with E-state index in [-0.39, 0.29) is 16.8 Å². The highest BCUT2D eigenvalue weighted by molar-refractivity contribution is 5.90. The molecular formula is C44H70O5. The number of fused-ring (bicyclic) bond motifs is 1. The third kappa shape index (κ3) is 14.8. The zero-order chi connectivity index (χ0) is 35.5. The maximum absolute atomic E-state index is 13.2. The highest BCUT2D eigenvalue weighted by atomic mass is 17.2. The summed E-state index contributed by atoms with van der Waals surface area (Å²) in [5, 5.41) is 0. The van der Waals surface area contributed by atoms with Gasteiger partial charge in [-0.2, -0.15) is 0 Å². The maximum Gasteiger partial charge on any atom is 0.323 e. The first-order valence-electron chi connectivity index (χ1n) is 19.9. The molecule has 276 valence electrons. The Bertz CT molecular complexity index is 1200. The molecule has 0 amide bonds. The van der Waals surface area contributed by atoms with Crippen molar-refractivity contribution in [1.82, 2.24) is 0 Å². The third-order valence-electron chi connectivity index (χ3n) is 9.85. The lowest BCUT2D eigenvalue weighted by Gasteiger charge is -2.27. The largest absolute Gasteiger partial charge is 0.491 e. The van der Waals surface area contributed by atoms with Crippen LogP contribution in [0.2, 0.25) is 0 Å². The highest BCUT2D eigenvalue weighted by Crippen LogP contribution is 2.47. The van der Waals surface area contributed by atoms with E-state index in [1.807, 2.05) is 24.3 Å². The van der Waals surface area contributed by atoms with E-state index in [9.17, 15) is 4.79 Å². The van der Waals surface area contributed by atoms with Gasteiger partial charge in [-0.15, -0.1) is 0 Å². The van der Waals surface area contributed by atoms with E-state index >= 15 is 0 Å². The van der Waals surface area contributed by atoms with Gasteiger partial charge < -0.3 is 9.47 Å². The summed E-state index contributed by atoms with van der Waals surface area (Å²) in [6.45, 7) is 16.8. The lowest BCUT2D eigenvalue weighted by atomic mass is 9.77. The van der Waals surface area contributed by atoms with Crippen LogP contribution in [-0.2, 0) is 25.4 Å². The average Bonchev–Trinajstić information content (AvgIpc) is 3.39. The molecule has 5 nitrogen and oxygen atoms in total. The molecule has 0 bridgehead atoms. The van der Waals surface area contributed by atoms with Crippen LogP contribution in [-0.4, -0.2) is 25.8 Å². The lowest BCUT2D eigenvalue weighted by molar-refractivity contribution is -0.297. The molecule has 0 aromatic heterocycles. The number of unbranched alkanes of at least 4 members (excludes halogenated alkanes) is 17. The molecule has 0 radical (unpaired) electrons. The van der Waals surface area contributed by atoms with Gasteiger partial charge in [0.25, 0.3) is 0 Å². The maximum atomic E-state index is 13.2. The molecule has 5 heteroatoms. The van der Waals surface area contributed by atoms with Gasteiger partial charge in [-0.3, -0.25) is 4.79 Å². The number of rotatable bonds is 25. The normalized spacial score (nSPS) is 14.7. The van der Waals surface area contributed by atoms with E-state index in [1.165, 1.54) is 115 Å². The van der Waals surface area contributed by atoms with Crippen LogP contribution in [0, 0.1) is 0 Å². The van der Waals surface area contributed by atoms with Crippen LogP contribution < -0.4 is 9.47 Å². The number of hydrogen-bond donors (Lipinski definition) is 0. The second-order valence-electron chi connectivity index (χ2n) is 16.4. The summed E-state index contributed by atoms with van der Waals surface area (Å²) >= 11 is 0. The van der Waals surface area contributed by atoms with Crippen molar-refractivity contribution in [2.75, 3.05) is 19.8 Å². The Morgan fingerprint density at radius 2 is 1.08 bits per heavy atom. The minimum absolute atomic E-state index is 0.0416. The first-order chi connectivity index (χ1) is 23.5. The van der Waals surface area contributed by atoms with Crippen LogP contribution in [0.5, 0.6) is 11.5 Å². The topological polar surface area (TPSA) is 54.0 Å². The predicted molar refractivity (Wildman–Crippen MR) is 204 cm³/mol. The number of esters is 1. The zero-order valence-electron chi connectivity index (χ0n) is 32.4. The fourth-order valence-electron chi connectivity index (χ4n) is 6.70. The summed E-state index contributed by atoms with van der Waals surface area (Å²) in [6, 6.07) is 12.1. The predicted octanol–water partition coefficient (Wildman–Crippen LogP) is 12.7. The molecule has 0 N–H and O–H groups in total. The van der Waals surface area contributed by atoms with Crippen molar-refractivity contribution in [3.05, 3.63) is 58.7 Å². The van der Waals surface area contributed by atoms with Gasteiger partial charge in [-0.25, -0.2) is 9.78 Å². The van der Waals surface area contributed by atoms with Gasteiger partial charge in [0.2, 0.25) is 0 Å². The molecule has 0 spiro atoms. The van der Waals surface area contributed by atoms with Crippen LogP contribution in [0.1, 0.15) is 192 Å². The Hall–Kier alpha value is -2.37. The van der Waals surface area contributed by atoms with Crippen molar-refractivity contribution in [3.63, 3.8) is 0 Å². The molecule has 0 saturated heterocycles. The first-order valence-corrected chi connectivity index (χ1v) is 19.9. The lowest BCUT2D eigenvalue weighted by Crippen LogP contribution is -2.17. The Morgan fingerprint density at radius 1 is 0.592 bits per heavy atom. The molecule has 1 atom stereocenters. The fraction of sp³-hybridized carbons (Fsp3) is 0.705. The fourth-order valence-corrected chi connectivity index (χ4v) is 6.70. The van der Waals surface area contributed by atoms with E-state index in [0.29, 0.717) is 19.8 Å². The van der Waals surface area contributed by atoms with Gasteiger partial charge in [0.15, 0.2) is 0 Å². The van der Waals surface area contributed by atoms with Gasteiger partial charge in [-0.05, 0) is 40.5 Å². The van der Waals surface area contributed by atoms with Gasteiger partial charge in [0, 0.05) is 11.1 Å². The minimum atomic E-state index is -0.441. The molecule has 3 rings (SSSR count). The molecule has 1 aliphatic rings. The standard InChI is InChI=1S/C44H70O5/c1-8-9-10-11-12-13-14-15-16-17-18-19-20-21-22-23-24-25-30-47-48-32-31-46-37-28-26-35(27-29-37)40-38-33-36(43(2,3)4)34-39(44(5,6)7)41(38)49-42(40)45/h26-29,33-34,40H,8-25,30-32H2,1-7H3. The van der Waals surface area contributed by atoms with Gasteiger partial charge in [0.1, 0.15) is 30.6 Å². The van der Waals surface area contributed by atoms with E-state index in [0.717, 1.165) is 34.6 Å². The number of carbonyl (C=O) groups is 1. The van der Waals surface area contributed by atoms with Crippen LogP contribution in [0.3, 0.4) is 0 Å². The summed E-state index contributed by atoms with van der Waals surface area (Å²) < 4.78 is 11.8. The van der Waals surface area contributed by atoms with E-state index < -0.39 is 5.92 Å². The van der Waals surface area contributed by atoms with Crippen molar-refractivity contribution in [2.45, 2.75) is 181 Å². The minimum Gasteiger partial charge on any atom is -0.491 e. The Kier molecular flexibility index (Phi) is 18.2. The van der Waals surface area contributed by atoms with Crippen molar-refractivity contribution in [3.8, 4) is 11.5 Å². The molecular weight excluding hydrogens is 608 g/mol. The van der Waals surface area contributed by atoms with Crippen molar-refractivity contribution in [1.29, 1.82) is 0 Å². The Labute approximate surface area is 300 Å². The molecule has 2 aromatic rings. The summed E-state index contributed by atoms with van der Waals surface area (Å²) in [7, 11) is 0. The van der Waals surface area contributed by atoms with Gasteiger partial charge in [-0.1, -0.05) is 182 Å². The van der Waals surface area contributed by atoms with Crippen molar-refractivity contribution >= 4 is 5.97 Å². The zero-order valence-corrected chi connectivity index (χ0v) is 32.4. The Morgan fingerprint density at radius 3 is 1.57 bits per heavy atom. The van der Waals surface area contributed by atoms with E-state index in [2.05, 4.69) is 60.6 Å². The molecule has 1 unspecified atom stereocenters. The second kappa shape index (κ2) is 21.8. The molecule has 0 saturated carbocycles. The summed E-state index contributed by atoms with van der Waals surface area (Å²) in [6.07, 6.45) is 24.7. The van der Waals surface area contributed by atoms with Gasteiger partial charge in [0.05, 0.1) is 6.61 Å². The summed E-state index contributed by atoms with van der Waals surface area (Å²) in [5.74, 6) is 0.795. The summed E-state index contributed by atoms with van der Waals surface area (Å²) in [5.41, 5.74) is 3.97. The number of carbonyl (C=O) groups excluding carboxylic acids is 1. The van der Waals surface area contributed by atoms with Crippen LogP contribution in [0.15, 0.2) is 36.4 Å². The monoisotopic (exact) mass is 679 g/mol. The Balaban J connectivity index is 1.21. The summed E-state index contributed by atoms with van der Waals surface area (Å²) in [4.78, 5) is 23.9. The van der Waals surface area contributed by atoms with Crippen LogP contribution in [0.25, 0.3) is 0 Å². The molecule has 0 aliphatic carbocycles. The molecule has 1 heterocycles. The second-order valence-corrected chi connectivity index (χ2v) is 16.4. The smallest absolute Gasteiger partial charge is 0.323 e. The van der Waals surface area contributed by atoms with E-state index in [4.69, 9.17) is 19.2 Å². The van der Waals surface area contributed by atoms with Crippen molar-refractivity contribution < 1.29 is 24.0 Å². The molecule has 49 heavy (non-hydrogen) atoms. The number of benzene rings is 2. The van der Waals surface area contributed by atoms with E-state index in [1.54, 1.807) is 0 Å². The quantitative estimate of drug-likeness (QED) is 0.0344. The molecule has 1 aliphatic heterocycles. The highest BCUT2D eigenvalue weighted by Gasteiger charge is 2.39. The SMILES string of the molecule is CCCCCCCCCCCCCCCCCCCCOOCCOc1ccc(C2C(=O)Oc3c2cc(C(C)(C)C)cc3C(C)(C)C)cc1. The molecule has 0 fully saturated rings. The van der Waals surface area contributed by atoms with Crippen LogP contribution >= 0.6 is 0 Å². The van der Waals surface area contributed by atoms with Crippen LogP contribution in [0.4, 0.5) is 0 Å². The van der Waals surface area contributed by atoms with Gasteiger partial charge >= 0.3 is 5.97 Å². The average molecular weight is 679 g/mol.